The summed E-state index contributed by atoms with van der Waals surface area (Å²) in [7, 11) is 1.39. The van der Waals surface area contributed by atoms with Gasteiger partial charge in [-0.2, -0.15) is 0 Å². The topological polar surface area (TPSA) is 108 Å². The van der Waals surface area contributed by atoms with Gasteiger partial charge in [-0.15, -0.1) is 11.8 Å². The molecule has 0 aliphatic carbocycles. The molecule has 2 aromatic rings. The molecule has 1 aliphatic rings. The summed E-state index contributed by atoms with van der Waals surface area (Å²) in [6.45, 7) is -0.518. The average molecular weight is 388 g/mol. The molecule has 1 unspecified atom stereocenters. The zero-order valence-electron chi connectivity index (χ0n) is 14.3. The number of amides is 1. The van der Waals surface area contributed by atoms with Crippen LogP contribution in [0, 0.1) is 10.1 Å². The van der Waals surface area contributed by atoms with Crippen LogP contribution in [0.4, 0.5) is 11.4 Å². The second-order valence-electron chi connectivity index (χ2n) is 5.71. The number of benzene rings is 2. The van der Waals surface area contributed by atoms with Gasteiger partial charge in [-0.3, -0.25) is 19.7 Å². The first-order valence-corrected chi connectivity index (χ1v) is 8.89. The summed E-state index contributed by atoms with van der Waals surface area (Å²) in [4.78, 5) is 35.7. The molecule has 2 aromatic carbocycles. The molecule has 3 rings (SSSR count). The summed E-state index contributed by atoms with van der Waals surface area (Å²) in [5.41, 5.74) is 0.767. The molecule has 0 saturated heterocycles. The van der Waals surface area contributed by atoms with Crippen LogP contribution in [0.25, 0.3) is 0 Å². The number of methoxy groups -OCH3 is 1. The van der Waals surface area contributed by atoms with Gasteiger partial charge >= 0.3 is 5.97 Å². The number of esters is 1. The number of ether oxygens (including phenoxy) is 2. The minimum atomic E-state index is -0.655. The Labute approximate surface area is 159 Å². The van der Waals surface area contributed by atoms with Crippen LogP contribution in [0.3, 0.4) is 0 Å². The van der Waals surface area contributed by atoms with Crippen LogP contribution in [0.1, 0.15) is 5.56 Å². The minimum absolute atomic E-state index is 0.00416. The number of carbonyl (C=O) groups excluding carboxylic acids is 2. The molecule has 0 spiro atoms. The lowest BCUT2D eigenvalue weighted by atomic mass is 10.1. The number of nitro groups is 1. The second kappa shape index (κ2) is 8.09. The van der Waals surface area contributed by atoms with Gasteiger partial charge in [0.2, 0.25) is 0 Å². The Morgan fingerprint density at radius 3 is 2.78 bits per heavy atom. The van der Waals surface area contributed by atoms with E-state index in [9.17, 15) is 19.7 Å². The Balaban J connectivity index is 1.56. The molecule has 0 fully saturated rings. The van der Waals surface area contributed by atoms with Gasteiger partial charge in [0.15, 0.2) is 6.61 Å². The molecular weight excluding hydrogens is 372 g/mol. The van der Waals surface area contributed by atoms with E-state index in [1.54, 1.807) is 0 Å². The van der Waals surface area contributed by atoms with Gasteiger partial charge in [0, 0.05) is 4.90 Å². The van der Waals surface area contributed by atoms with Crippen molar-refractivity contribution in [2.24, 2.45) is 0 Å². The number of nitro benzene ring substituents is 1. The molecule has 9 heteroatoms. The number of thioether (sulfide) groups is 1. The van der Waals surface area contributed by atoms with Gasteiger partial charge in [0.05, 0.1) is 18.1 Å². The van der Waals surface area contributed by atoms with Gasteiger partial charge < -0.3 is 14.8 Å². The molecule has 1 amide bonds. The van der Waals surface area contributed by atoms with Crippen LogP contribution in [0.2, 0.25) is 0 Å². The van der Waals surface area contributed by atoms with Crippen molar-refractivity contribution in [1.29, 1.82) is 0 Å². The normalized spacial score (nSPS) is 14.9. The van der Waals surface area contributed by atoms with Crippen molar-refractivity contribution in [3.8, 4) is 5.75 Å². The van der Waals surface area contributed by atoms with E-state index in [1.165, 1.54) is 37.1 Å². The van der Waals surface area contributed by atoms with E-state index >= 15 is 0 Å². The predicted octanol–water partition coefficient (Wildman–Crippen LogP) is 2.80. The summed E-state index contributed by atoms with van der Waals surface area (Å²) < 4.78 is 10.0. The van der Waals surface area contributed by atoms with Crippen molar-refractivity contribution >= 4 is 35.0 Å². The fraction of sp³-hybridized carbons (Fsp3) is 0.222. The first-order valence-electron chi connectivity index (χ1n) is 8.01. The lowest BCUT2D eigenvalue weighted by Gasteiger charge is -2.10. The van der Waals surface area contributed by atoms with Gasteiger partial charge in [-0.25, -0.2) is 0 Å². The van der Waals surface area contributed by atoms with Crippen LogP contribution in [-0.4, -0.2) is 35.8 Å². The Kier molecular flexibility index (Phi) is 5.60. The Morgan fingerprint density at radius 2 is 2.07 bits per heavy atom. The summed E-state index contributed by atoms with van der Waals surface area (Å²) >= 11 is 1.40. The first kappa shape index (κ1) is 18.7. The monoisotopic (exact) mass is 388 g/mol. The van der Waals surface area contributed by atoms with Crippen molar-refractivity contribution < 1.29 is 24.0 Å². The van der Waals surface area contributed by atoms with Crippen molar-refractivity contribution in [3.05, 3.63) is 58.1 Å². The Bertz CT molecular complexity index is 876. The molecule has 0 aromatic heterocycles. The van der Waals surface area contributed by atoms with E-state index in [2.05, 4.69) is 5.32 Å². The van der Waals surface area contributed by atoms with Crippen LogP contribution < -0.4 is 10.1 Å². The summed E-state index contributed by atoms with van der Waals surface area (Å²) in [5.74, 6) is -0.850. The highest BCUT2D eigenvalue weighted by atomic mass is 32.2. The molecule has 140 valence electrons. The third-order valence-corrected chi connectivity index (χ3v) is 5.23. The molecule has 1 aliphatic heterocycles. The summed E-state index contributed by atoms with van der Waals surface area (Å²) in [5, 5.41) is 13.1. The van der Waals surface area contributed by atoms with Crippen molar-refractivity contribution in [2.45, 2.75) is 16.6 Å². The quantitative estimate of drug-likeness (QED) is 0.460. The maximum Gasteiger partial charge on any atom is 0.320 e. The number of anilines is 1. The zero-order valence-corrected chi connectivity index (χ0v) is 15.2. The summed E-state index contributed by atoms with van der Waals surface area (Å²) in [6, 6.07) is 11.7. The number of fused-ring (bicyclic) bond motifs is 1. The third-order valence-electron chi connectivity index (χ3n) is 3.93. The molecule has 1 heterocycles. The van der Waals surface area contributed by atoms with Crippen molar-refractivity contribution in [3.63, 3.8) is 0 Å². The van der Waals surface area contributed by atoms with Gasteiger partial charge in [0.1, 0.15) is 16.7 Å². The highest BCUT2D eigenvalue weighted by Gasteiger charge is 2.29. The van der Waals surface area contributed by atoms with Crippen molar-refractivity contribution in [1.82, 2.24) is 0 Å². The van der Waals surface area contributed by atoms with Gasteiger partial charge in [-0.05, 0) is 30.2 Å². The molecule has 0 radical (unpaired) electrons. The molecule has 0 saturated carbocycles. The number of nitrogens with one attached hydrogen (secondary N) is 1. The van der Waals surface area contributed by atoms with E-state index in [-0.39, 0.29) is 11.4 Å². The first-order chi connectivity index (χ1) is 13.0. The smallest absolute Gasteiger partial charge is 0.320 e. The molecule has 8 nitrogen and oxygen atoms in total. The number of rotatable bonds is 6. The number of hydrogen-bond donors (Lipinski definition) is 1. The Morgan fingerprint density at radius 1 is 1.30 bits per heavy atom. The lowest BCUT2D eigenvalue weighted by Crippen LogP contribution is -2.26. The maximum absolute atomic E-state index is 12.2. The molecular formula is C18H16N2O6S. The summed E-state index contributed by atoms with van der Waals surface area (Å²) in [6.07, 6.45) is 0.547. The Hall–Kier alpha value is -3.07. The van der Waals surface area contributed by atoms with Gasteiger partial charge in [-0.1, -0.05) is 18.2 Å². The SMILES string of the molecule is COc1ccc(NC(=O)COC(=O)C2Cc3ccccc3S2)c([N+](=O)[O-])c1. The van der Waals surface area contributed by atoms with Crippen molar-refractivity contribution in [2.75, 3.05) is 19.0 Å². The maximum atomic E-state index is 12.2. The number of nitrogens with zero attached hydrogens (tertiary/aromatic N) is 1. The minimum Gasteiger partial charge on any atom is -0.496 e. The highest BCUT2D eigenvalue weighted by Crippen LogP contribution is 2.37. The van der Waals surface area contributed by atoms with Crippen LogP contribution in [0.15, 0.2) is 47.4 Å². The molecule has 1 N–H and O–H groups in total. The van der Waals surface area contributed by atoms with E-state index in [0.717, 1.165) is 10.5 Å². The lowest BCUT2D eigenvalue weighted by molar-refractivity contribution is -0.384. The highest BCUT2D eigenvalue weighted by molar-refractivity contribution is 8.01. The fourth-order valence-electron chi connectivity index (χ4n) is 2.62. The molecule has 1 atom stereocenters. The number of hydrogen-bond acceptors (Lipinski definition) is 7. The number of carbonyl (C=O) groups is 2. The van der Waals surface area contributed by atoms with Gasteiger partial charge in [0.25, 0.3) is 11.6 Å². The van der Waals surface area contributed by atoms with E-state index < -0.39 is 28.7 Å². The van der Waals surface area contributed by atoms with Crippen LogP contribution >= 0.6 is 11.8 Å². The fourth-order valence-corrected chi connectivity index (χ4v) is 3.82. The van der Waals surface area contributed by atoms with Crippen LogP contribution in [-0.2, 0) is 20.7 Å². The molecule has 0 bridgehead atoms. The second-order valence-corrected chi connectivity index (χ2v) is 6.96. The average Bonchev–Trinajstić information content (AvgIpc) is 3.10. The third kappa shape index (κ3) is 4.37. The predicted molar refractivity (Wildman–Crippen MR) is 99.0 cm³/mol. The molecule has 27 heavy (non-hydrogen) atoms. The van der Waals surface area contributed by atoms with E-state index in [1.807, 2.05) is 24.3 Å². The van der Waals surface area contributed by atoms with E-state index in [0.29, 0.717) is 12.2 Å². The zero-order chi connectivity index (χ0) is 19.4. The standard InChI is InChI=1S/C18H16N2O6S/c1-25-12-6-7-13(14(9-12)20(23)24)19-17(21)10-26-18(22)16-8-11-4-2-3-5-15(11)27-16/h2-7,9,16H,8,10H2,1H3,(H,19,21). The van der Waals surface area contributed by atoms with Crippen LogP contribution in [0.5, 0.6) is 5.75 Å². The largest absolute Gasteiger partial charge is 0.496 e. The van der Waals surface area contributed by atoms with E-state index in [4.69, 9.17) is 9.47 Å².